The van der Waals surface area contributed by atoms with E-state index in [4.69, 9.17) is 4.74 Å². The molecule has 0 saturated heterocycles. The molecule has 26 heavy (non-hydrogen) atoms. The van der Waals surface area contributed by atoms with E-state index in [0.29, 0.717) is 17.9 Å². The van der Waals surface area contributed by atoms with Crippen LogP contribution in [0.5, 0.6) is 5.75 Å². The second kappa shape index (κ2) is 8.52. The SMILES string of the molecule is CN(C(=O)Oc1ccc(C(=O)NCCC(C)(C)C)cc1)c1ccccc1. The van der Waals surface area contributed by atoms with Crippen LogP contribution in [0.4, 0.5) is 10.5 Å². The summed E-state index contributed by atoms with van der Waals surface area (Å²) in [5.41, 5.74) is 1.46. The van der Waals surface area contributed by atoms with Crippen LogP contribution in [0.3, 0.4) is 0 Å². The Morgan fingerprint density at radius 1 is 1.00 bits per heavy atom. The van der Waals surface area contributed by atoms with E-state index in [0.717, 1.165) is 12.1 Å². The van der Waals surface area contributed by atoms with Gasteiger partial charge in [0.2, 0.25) is 0 Å². The smallest absolute Gasteiger partial charge is 0.410 e. The van der Waals surface area contributed by atoms with E-state index in [2.05, 4.69) is 26.1 Å². The molecule has 0 radical (unpaired) electrons. The summed E-state index contributed by atoms with van der Waals surface area (Å²) in [6.45, 7) is 7.03. The maximum Gasteiger partial charge on any atom is 0.419 e. The third kappa shape index (κ3) is 5.92. The van der Waals surface area contributed by atoms with Crippen LogP contribution in [0.25, 0.3) is 0 Å². The van der Waals surface area contributed by atoms with Crippen LogP contribution < -0.4 is 15.0 Å². The van der Waals surface area contributed by atoms with Crippen LogP contribution in [-0.2, 0) is 0 Å². The molecule has 0 fully saturated rings. The van der Waals surface area contributed by atoms with Crippen molar-refractivity contribution in [1.29, 1.82) is 0 Å². The summed E-state index contributed by atoms with van der Waals surface area (Å²) in [6, 6.07) is 15.8. The molecule has 0 aromatic heterocycles. The molecule has 5 heteroatoms. The van der Waals surface area contributed by atoms with Crippen molar-refractivity contribution in [2.24, 2.45) is 5.41 Å². The maximum absolute atomic E-state index is 12.2. The van der Waals surface area contributed by atoms with Gasteiger partial charge in [-0.15, -0.1) is 0 Å². The highest BCUT2D eigenvalue weighted by atomic mass is 16.6. The zero-order valence-corrected chi connectivity index (χ0v) is 15.8. The lowest BCUT2D eigenvalue weighted by Gasteiger charge is -2.18. The zero-order valence-electron chi connectivity index (χ0n) is 15.8. The number of nitrogens with one attached hydrogen (secondary N) is 1. The Morgan fingerprint density at radius 3 is 2.19 bits per heavy atom. The second-order valence-electron chi connectivity index (χ2n) is 7.35. The third-order valence-corrected chi connectivity index (χ3v) is 3.90. The number of anilines is 1. The van der Waals surface area contributed by atoms with Crippen LogP contribution in [-0.4, -0.2) is 25.6 Å². The molecule has 0 heterocycles. The molecular formula is C21H26N2O3. The lowest BCUT2D eigenvalue weighted by atomic mass is 9.92. The molecular weight excluding hydrogens is 328 g/mol. The van der Waals surface area contributed by atoms with Crippen molar-refractivity contribution in [2.75, 3.05) is 18.5 Å². The van der Waals surface area contributed by atoms with E-state index < -0.39 is 6.09 Å². The molecule has 5 nitrogen and oxygen atoms in total. The molecule has 2 aromatic carbocycles. The number of para-hydroxylation sites is 1. The fraction of sp³-hybridized carbons (Fsp3) is 0.333. The fourth-order valence-electron chi connectivity index (χ4n) is 2.25. The molecule has 0 unspecified atom stereocenters. The van der Waals surface area contributed by atoms with Crippen LogP contribution in [0, 0.1) is 5.41 Å². The first-order valence-electron chi connectivity index (χ1n) is 8.65. The van der Waals surface area contributed by atoms with Crippen LogP contribution in [0.15, 0.2) is 54.6 Å². The Bertz CT molecular complexity index is 734. The van der Waals surface area contributed by atoms with E-state index in [9.17, 15) is 9.59 Å². The highest BCUT2D eigenvalue weighted by Gasteiger charge is 2.14. The standard InChI is InChI=1S/C21H26N2O3/c1-21(2,3)14-15-22-19(24)16-10-12-18(13-11-16)26-20(25)23(4)17-8-6-5-7-9-17/h5-13H,14-15H2,1-4H3,(H,22,24). The van der Waals surface area contributed by atoms with Crippen molar-refractivity contribution in [3.05, 3.63) is 60.2 Å². The molecule has 1 N–H and O–H groups in total. The minimum atomic E-state index is -0.487. The molecule has 2 aromatic rings. The summed E-state index contributed by atoms with van der Waals surface area (Å²) in [6.07, 6.45) is 0.416. The Hall–Kier alpha value is -2.82. The van der Waals surface area contributed by atoms with E-state index >= 15 is 0 Å². The number of carbonyl (C=O) groups is 2. The quantitative estimate of drug-likeness (QED) is 0.861. The molecule has 0 spiro atoms. The average Bonchev–Trinajstić information content (AvgIpc) is 2.61. The van der Waals surface area contributed by atoms with Gasteiger partial charge in [0, 0.05) is 24.8 Å². The molecule has 2 amide bonds. The molecule has 0 aliphatic rings. The molecule has 0 saturated carbocycles. The number of benzene rings is 2. The van der Waals surface area contributed by atoms with Crippen molar-refractivity contribution in [3.63, 3.8) is 0 Å². The molecule has 0 aliphatic heterocycles. The Morgan fingerprint density at radius 2 is 1.62 bits per heavy atom. The number of hydrogen-bond acceptors (Lipinski definition) is 3. The highest BCUT2D eigenvalue weighted by molar-refractivity contribution is 5.94. The first-order chi connectivity index (χ1) is 12.3. The van der Waals surface area contributed by atoms with Crippen LogP contribution in [0.1, 0.15) is 37.6 Å². The van der Waals surface area contributed by atoms with Gasteiger partial charge in [0.25, 0.3) is 5.91 Å². The van der Waals surface area contributed by atoms with Gasteiger partial charge < -0.3 is 10.1 Å². The number of hydrogen-bond donors (Lipinski definition) is 1. The minimum absolute atomic E-state index is 0.131. The Balaban J connectivity index is 1.90. The van der Waals surface area contributed by atoms with E-state index in [1.54, 1.807) is 31.3 Å². The number of ether oxygens (including phenoxy) is 1. The number of carbonyl (C=O) groups excluding carboxylic acids is 2. The van der Waals surface area contributed by atoms with Gasteiger partial charge in [0.15, 0.2) is 0 Å². The van der Waals surface area contributed by atoms with Crippen molar-refractivity contribution >= 4 is 17.7 Å². The van der Waals surface area contributed by atoms with E-state index in [-0.39, 0.29) is 11.3 Å². The predicted molar refractivity (Wildman–Crippen MR) is 104 cm³/mol. The third-order valence-electron chi connectivity index (χ3n) is 3.90. The molecule has 2 rings (SSSR count). The molecule has 138 valence electrons. The lowest BCUT2D eigenvalue weighted by Crippen LogP contribution is -2.29. The predicted octanol–water partition coefficient (Wildman–Crippen LogP) is 4.49. The van der Waals surface area contributed by atoms with Gasteiger partial charge in [-0.05, 0) is 48.2 Å². The minimum Gasteiger partial charge on any atom is -0.410 e. The highest BCUT2D eigenvalue weighted by Crippen LogP contribution is 2.18. The summed E-state index contributed by atoms with van der Waals surface area (Å²) in [5.74, 6) is 0.262. The van der Waals surface area contributed by atoms with Crippen molar-refractivity contribution in [2.45, 2.75) is 27.2 Å². The zero-order chi connectivity index (χ0) is 19.2. The first kappa shape index (κ1) is 19.5. The van der Waals surface area contributed by atoms with Gasteiger partial charge in [-0.3, -0.25) is 9.69 Å². The normalized spacial score (nSPS) is 10.9. The second-order valence-corrected chi connectivity index (χ2v) is 7.35. The molecule has 0 aliphatic carbocycles. The van der Waals surface area contributed by atoms with E-state index in [1.807, 2.05) is 30.3 Å². The van der Waals surface area contributed by atoms with Gasteiger partial charge in [0.05, 0.1) is 0 Å². The number of nitrogens with zero attached hydrogens (tertiary/aromatic N) is 1. The molecule has 0 atom stereocenters. The van der Waals surface area contributed by atoms with Crippen LogP contribution in [0.2, 0.25) is 0 Å². The van der Waals surface area contributed by atoms with Gasteiger partial charge in [-0.25, -0.2) is 4.79 Å². The summed E-state index contributed by atoms with van der Waals surface area (Å²) < 4.78 is 5.35. The van der Waals surface area contributed by atoms with Gasteiger partial charge in [-0.1, -0.05) is 39.0 Å². The van der Waals surface area contributed by atoms with Gasteiger partial charge >= 0.3 is 6.09 Å². The lowest BCUT2D eigenvalue weighted by molar-refractivity contribution is 0.0949. The average molecular weight is 354 g/mol. The Labute approximate surface area is 155 Å². The largest absolute Gasteiger partial charge is 0.419 e. The Kier molecular flexibility index (Phi) is 6.39. The first-order valence-corrected chi connectivity index (χ1v) is 8.65. The fourth-order valence-corrected chi connectivity index (χ4v) is 2.25. The number of amides is 2. The molecule has 0 bridgehead atoms. The van der Waals surface area contributed by atoms with Crippen molar-refractivity contribution < 1.29 is 14.3 Å². The van der Waals surface area contributed by atoms with Crippen molar-refractivity contribution in [1.82, 2.24) is 5.32 Å². The summed E-state index contributed by atoms with van der Waals surface area (Å²) in [5, 5.41) is 2.90. The van der Waals surface area contributed by atoms with Crippen LogP contribution >= 0.6 is 0 Å². The summed E-state index contributed by atoms with van der Waals surface area (Å²) in [4.78, 5) is 25.7. The van der Waals surface area contributed by atoms with Gasteiger partial charge in [0.1, 0.15) is 5.75 Å². The summed E-state index contributed by atoms with van der Waals surface area (Å²) in [7, 11) is 1.65. The van der Waals surface area contributed by atoms with E-state index in [1.165, 1.54) is 4.90 Å². The maximum atomic E-state index is 12.2. The van der Waals surface area contributed by atoms with Gasteiger partial charge in [-0.2, -0.15) is 0 Å². The topological polar surface area (TPSA) is 58.6 Å². The number of rotatable bonds is 5. The van der Waals surface area contributed by atoms with Crippen molar-refractivity contribution in [3.8, 4) is 5.75 Å². The summed E-state index contributed by atoms with van der Waals surface area (Å²) >= 11 is 0. The monoisotopic (exact) mass is 354 g/mol.